The van der Waals surface area contributed by atoms with E-state index in [1.54, 1.807) is 6.20 Å². The summed E-state index contributed by atoms with van der Waals surface area (Å²) >= 11 is 0. The maximum Gasteiger partial charge on any atom is 0.223 e. The highest BCUT2D eigenvalue weighted by atomic mass is 16.5. The standard InChI is InChI=1S/C28H35N3O3/c32-24(21-34-27-13-6-12-26-25(27)11-7-17-29-26)20-31-18-14-23(15-19-31)28(33)30-16-5-4-10-22-8-2-1-3-9-22/h1-3,6-9,11-13,17,23-24,32H,4-5,10,14-16,18-21H2,(H,30,33)/t24-/m1/s1. The molecule has 2 N–H and O–H groups in total. The Balaban J connectivity index is 1.11. The summed E-state index contributed by atoms with van der Waals surface area (Å²) in [5.74, 6) is 0.985. The van der Waals surface area contributed by atoms with Crippen molar-refractivity contribution in [1.29, 1.82) is 0 Å². The molecular formula is C28H35N3O3. The highest BCUT2D eigenvalue weighted by Gasteiger charge is 2.25. The number of hydrogen-bond acceptors (Lipinski definition) is 5. The molecule has 1 aliphatic heterocycles. The van der Waals surface area contributed by atoms with Gasteiger partial charge in [-0.3, -0.25) is 9.78 Å². The fraction of sp³-hybridized carbons (Fsp3) is 0.429. The van der Waals surface area contributed by atoms with E-state index in [0.717, 1.165) is 68.4 Å². The average Bonchev–Trinajstić information content (AvgIpc) is 2.88. The number of likely N-dealkylation sites (tertiary alicyclic amines) is 1. The first-order valence-electron chi connectivity index (χ1n) is 12.4. The predicted molar refractivity (Wildman–Crippen MR) is 135 cm³/mol. The first-order valence-corrected chi connectivity index (χ1v) is 12.4. The predicted octanol–water partition coefficient (Wildman–Crippen LogP) is 3.83. The van der Waals surface area contributed by atoms with Crippen LogP contribution in [0, 0.1) is 5.92 Å². The number of amides is 1. The van der Waals surface area contributed by atoms with Crippen LogP contribution in [-0.2, 0) is 11.2 Å². The Morgan fingerprint density at radius 1 is 1.06 bits per heavy atom. The normalized spacial score (nSPS) is 15.8. The van der Waals surface area contributed by atoms with Crippen LogP contribution < -0.4 is 10.1 Å². The Kier molecular flexibility index (Phi) is 8.88. The lowest BCUT2D eigenvalue weighted by Gasteiger charge is -2.32. The second kappa shape index (κ2) is 12.5. The molecule has 1 amide bonds. The highest BCUT2D eigenvalue weighted by molar-refractivity contribution is 5.84. The van der Waals surface area contributed by atoms with Gasteiger partial charge in [0.25, 0.3) is 0 Å². The minimum atomic E-state index is -0.582. The van der Waals surface area contributed by atoms with E-state index in [2.05, 4.69) is 39.5 Å². The topological polar surface area (TPSA) is 74.7 Å². The second-order valence-electron chi connectivity index (χ2n) is 9.10. The molecule has 1 saturated heterocycles. The van der Waals surface area contributed by atoms with Crippen LogP contribution in [-0.4, -0.2) is 59.8 Å². The van der Waals surface area contributed by atoms with E-state index >= 15 is 0 Å². The number of nitrogens with one attached hydrogen (secondary N) is 1. The zero-order valence-corrected chi connectivity index (χ0v) is 19.7. The molecular weight excluding hydrogens is 426 g/mol. The van der Waals surface area contributed by atoms with Gasteiger partial charge in [-0.15, -0.1) is 0 Å². The van der Waals surface area contributed by atoms with E-state index in [0.29, 0.717) is 6.54 Å². The third kappa shape index (κ3) is 7.02. The molecule has 1 aromatic heterocycles. The number of hydrogen-bond donors (Lipinski definition) is 2. The van der Waals surface area contributed by atoms with Crippen molar-refractivity contribution in [2.75, 3.05) is 32.8 Å². The molecule has 1 atom stereocenters. The van der Waals surface area contributed by atoms with Crippen molar-refractivity contribution >= 4 is 16.8 Å². The van der Waals surface area contributed by atoms with E-state index in [1.165, 1.54) is 5.56 Å². The number of aliphatic hydroxyl groups is 1. The number of fused-ring (bicyclic) bond motifs is 1. The summed E-state index contributed by atoms with van der Waals surface area (Å²) < 4.78 is 5.89. The van der Waals surface area contributed by atoms with Gasteiger partial charge in [0.15, 0.2) is 0 Å². The number of ether oxygens (including phenoxy) is 1. The molecule has 6 nitrogen and oxygen atoms in total. The Labute approximate surface area is 202 Å². The number of nitrogens with zero attached hydrogens (tertiary/aromatic N) is 2. The smallest absolute Gasteiger partial charge is 0.223 e. The minimum Gasteiger partial charge on any atom is -0.490 e. The van der Waals surface area contributed by atoms with Crippen LogP contribution in [0.1, 0.15) is 31.2 Å². The summed E-state index contributed by atoms with van der Waals surface area (Å²) in [4.78, 5) is 19.1. The van der Waals surface area contributed by atoms with Crippen molar-refractivity contribution in [1.82, 2.24) is 15.2 Å². The number of pyridine rings is 1. The van der Waals surface area contributed by atoms with Crippen LogP contribution in [0.3, 0.4) is 0 Å². The highest BCUT2D eigenvalue weighted by Crippen LogP contribution is 2.24. The number of β-amino-alcohol motifs (C(OH)–C–C–N with tert-alkyl or cyclic N) is 1. The number of piperidine rings is 1. The molecule has 2 aromatic carbocycles. The van der Waals surface area contributed by atoms with Gasteiger partial charge in [-0.2, -0.15) is 0 Å². The number of aryl methyl sites for hydroxylation is 1. The van der Waals surface area contributed by atoms with Gasteiger partial charge in [0.1, 0.15) is 18.5 Å². The lowest BCUT2D eigenvalue weighted by atomic mass is 9.95. The first-order chi connectivity index (χ1) is 16.7. The molecule has 0 spiro atoms. The van der Waals surface area contributed by atoms with Crippen molar-refractivity contribution < 1.29 is 14.6 Å². The molecule has 0 saturated carbocycles. The molecule has 2 heterocycles. The van der Waals surface area contributed by atoms with Gasteiger partial charge in [0.05, 0.1) is 5.52 Å². The van der Waals surface area contributed by atoms with Crippen molar-refractivity contribution in [3.63, 3.8) is 0 Å². The fourth-order valence-corrected chi connectivity index (χ4v) is 4.57. The molecule has 0 aliphatic carbocycles. The van der Waals surface area contributed by atoms with Crippen molar-refractivity contribution in [2.24, 2.45) is 5.92 Å². The zero-order valence-electron chi connectivity index (χ0n) is 19.7. The Bertz CT molecular complexity index is 1030. The summed E-state index contributed by atoms with van der Waals surface area (Å²) in [6.45, 7) is 3.17. The van der Waals surface area contributed by atoms with Gasteiger partial charge in [-0.1, -0.05) is 36.4 Å². The Morgan fingerprint density at radius 2 is 1.88 bits per heavy atom. The van der Waals surface area contributed by atoms with Gasteiger partial charge in [0.2, 0.25) is 5.91 Å². The lowest BCUT2D eigenvalue weighted by Crippen LogP contribution is -2.44. The summed E-state index contributed by atoms with van der Waals surface area (Å²) in [5.41, 5.74) is 2.23. The van der Waals surface area contributed by atoms with Crippen LogP contribution >= 0.6 is 0 Å². The third-order valence-electron chi connectivity index (χ3n) is 6.50. The van der Waals surface area contributed by atoms with E-state index in [9.17, 15) is 9.90 Å². The van der Waals surface area contributed by atoms with Gasteiger partial charge in [-0.25, -0.2) is 0 Å². The molecule has 0 bridgehead atoms. The van der Waals surface area contributed by atoms with Crippen molar-refractivity contribution in [3.8, 4) is 5.75 Å². The largest absolute Gasteiger partial charge is 0.490 e. The van der Waals surface area contributed by atoms with E-state index < -0.39 is 6.10 Å². The minimum absolute atomic E-state index is 0.0712. The van der Waals surface area contributed by atoms with Gasteiger partial charge in [0, 0.05) is 30.6 Å². The Hall–Kier alpha value is -2.96. The van der Waals surface area contributed by atoms with E-state index in [1.807, 2.05) is 36.4 Å². The number of aliphatic hydroxyl groups excluding tert-OH is 1. The van der Waals surface area contributed by atoms with Crippen LogP contribution in [0.4, 0.5) is 0 Å². The summed E-state index contributed by atoms with van der Waals surface area (Å²) in [6.07, 6.45) is 5.98. The zero-order chi connectivity index (χ0) is 23.6. The molecule has 0 radical (unpaired) electrons. The molecule has 1 aliphatic rings. The lowest BCUT2D eigenvalue weighted by molar-refractivity contribution is -0.126. The van der Waals surface area contributed by atoms with Crippen LogP contribution in [0.15, 0.2) is 66.9 Å². The van der Waals surface area contributed by atoms with Gasteiger partial charge >= 0.3 is 0 Å². The molecule has 6 heteroatoms. The molecule has 3 aromatic rings. The van der Waals surface area contributed by atoms with Crippen LogP contribution in [0.5, 0.6) is 5.75 Å². The summed E-state index contributed by atoms with van der Waals surface area (Å²) in [5, 5.41) is 14.6. The van der Waals surface area contributed by atoms with Crippen molar-refractivity contribution in [3.05, 3.63) is 72.4 Å². The van der Waals surface area contributed by atoms with Gasteiger partial charge < -0.3 is 20.1 Å². The maximum atomic E-state index is 12.5. The molecule has 4 rings (SSSR count). The van der Waals surface area contributed by atoms with E-state index in [4.69, 9.17) is 4.74 Å². The SMILES string of the molecule is O=C(NCCCCc1ccccc1)C1CCN(C[C@@H](O)COc2cccc3ncccc23)CC1. The maximum absolute atomic E-state index is 12.5. The number of rotatable bonds is 11. The van der Waals surface area contributed by atoms with Crippen LogP contribution in [0.2, 0.25) is 0 Å². The number of benzene rings is 2. The second-order valence-corrected chi connectivity index (χ2v) is 9.10. The molecule has 0 unspecified atom stereocenters. The monoisotopic (exact) mass is 461 g/mol. The summed E-state index contributed by atoms with van der Waals surface area (Å²) in [6, 6.07) is 20.1. The number of unbranched alkanes of at least 4 members (excludes halogenated alkanes) is 1. The fourth-order valence-electron chi connectivity index (χ4n) is 4.57. The molecule has 180 valence electrons. The first kappa shape index (κ1) is 24.2. The third-order valence-corrected chi connectivity index (χ3v) is 6.50. The molecule has 34 heavy (non-hydrogen) atoms. The van der Waals surface area contributed by atoms with E-state index in [-0.39, 0.29) is 18.4 Å². The average molecular weight is 462 g/mol. The van der Waals surface area contributed by atoms with Gasteiger partial charge in [-0.05, 0) is 75.0 Å². The van der Waals surface area contributed by atoms with Crippen molar-refractivity contribution in [2.45, 2.75) is 38.2 Å². The summed E-state index contributed by atoms with van der Waals surface area (Å²) in [7, 11) is 0. The number of carbonyl (C=O) groups is 1. The van der Waals surface area contributed by atoms with Crippen LogP contribution in [0.25, 0.3) is 10.9 Å². The quantitative estimate of drug-likeness (QED) is 0.425. The molecule has 1 fully saturated rings. The number of carbonyl (C=O) groups excluding carboxylic acids is 1. The number of aromatic nitrogens is 1. The Morgan fingerprint density at radius 3 is 2.71 bits per heavy atom.